The van der Waals surface area contributed by atoms with Gasteiger partial charge in [0.25, 0.3) is 11.6 Å². The fourth-order valence-corrected chi connectivity index (χ4v) is 2.92. The largest absolute Gasteiger partial charge is 0.416 e. The molecule has 0 aliphatic carbocycles. The molecule has 0 heterocycles. The number of hydrogen-bond acceptors (Lipinski definition) is 4. The third kappa shape index (κ3) is 4.54. The molecule has 9 heteroatoms. The van der Waals surface area contributed by atoms with Gasteiger partial charge < -0.3 is 4.90 Å². The van der Waals surface area contributed by atoms with Crippen LogP contribution in [0.5, 0.6) is 0 Å². The zero-order chi connectivity index (χ0) is 19.5. The van der Waals surface area contributed by atoms with Crippen LogP contribution in [-0.4, -0.2) is 29.0 Å². The average Bonchev–Trinajstić information content (AvgIpc) is 2.59. The average molecular weight is 384 g/mol. The first-order valence-electron chi connectivity index (χ1n) is 7.37. The van der Waals surface area contributed by atoms with Crippen LogP contribution in [0.25, 0.3) is 0 Å². The van der Waals surface area contributed by atoms with Crippen molar-refractivity contribution in [3.63, 3.8) is 0 Å². The van der Waals surface area contributed by atoms with Gasteiger partial charge in [0.05, 0.1) is 15.4 Å². The summed E-state index contributed by atoms with van der Waals surface area (Å²) in [4.78, 5) is 24.7. The van der Waals surface area contributed by atoms with Gasteiger partial charge in [-0.2, -0.15) is 13.2 Å². The Bertz CT molecular complexity index is 840. The van der Waals surface area contributed by atoms with Gasteiger partial charge in [-0.3, -0.25) is 14.9 Å². The van der Waals surface area contributed by atoms with E-state index in [2.05, 4.69) is 0 Å². The number of thioether (sulfide) groups is 1. The summed E-state index contributed by atoms with van der Waals surface area (Å²) in [5.74, 6) is -0.516. The maximum Gasteiger partial charge on any atom is 0.416 e. The highest BCUT2D eigenvalue weighted by Crippen LogP contribution is 2.30. The molecule has 138 valence electrons. The number of nitrogens with zero attached hydrogens (tertiary/aromatic N) is 2. The van der Waals surface area contributed by atoms with Gasteiger partial charge in [0.15, 0.2) is 0 Å². The number of rotatable bonds is 5. The van der Waals surface area contributed by atoms with E-state index < -0.39 is 22.6 Å². The van der Waals surface area contributed by atoms with Crippen molar-refractivity contribution in [1.82, 2.24) is 4.90 Å². The standard InChI is InChI=1S/C17H15F3N2O3S/c1-21(10-11-4-3-5-13(8-11)17(18,19)20)16(23)12-6-7-15(26-2)14(9-12)22(24)25/h3-9H,10H2,1-2H3. The Hall–Kier alpha value is -2.55. The van der Waals surface area contributed by atoms with Crippen LogP contribution in [0.3, 0.4) is 0 Å². The van der Waals surface area contributed by atoms with E-state index in [0.717, 1.165) is 12.1 Å². The van der Waals surface area contributed by atoms with E-state index in [1.165, 1.54) is 54.0 Å². The summed E-state index contributed by atoms with van der Waals surface area (Å²) in [7, 11) is 1.43. The molecular weight excluding hydrogens is 369 g/mol. The molecular formula is C17H15F3N2O3S. The first-order chi connectivity index (χ1) is 12.1. The molecule has 0 fully saturated rings. The highest BCUT2D eigenvalue weighted by Gasteiger charge is 2.30. The molecule has 0 saturated carbocycles. The number of alkyl halides is 3. The van der Waals surface area contributed by atoms with Gasteiger partial charge in [0.1, 0.15) is 0 Å². The van der Waals surface area contributed by atoms with Crippen molar-refractivity contribution >= 4 is 23.4 Å². The third-order valence-corrected chi connectivity index (χ3v) is 4.43. The van der Waals surface area contributed by atoms with Crippen LogP contribution >= 0.6 is 11.8 Å². The van der Waals surface area contributed by atoms with E-state index in [9.17, 15) is 28.1 Å². The molecule has 0 spiro atoms. The predicted molar refractivity (Wildman–Crippen MR) is 92.1 cm³/mol. The van der Waals surface area contributed by atoms with Crippen molar-refractivity contribution in [3.8, 4) is 0 Å². The molecule has 2 rings (SSSR count). The third-order valence-electron chi connectivity index (χ3n) is 3.64. The van der Waals surface area contributed by atoms with Gasteiger partial charge in [-0.1, -0.05) is 12.1 Å². The van der Waals surface area contributed by atoms with Crippen molar-refractivity contribution in [3.05, 3.63) is 69.3 Å². The molecule has 0 saturated heterocycles. The van der Waals surface area contributed by atoms with Crippen molar-refractivity contribution in [2.45, 2.75) is 17.6 Å². The van der Waals surface area contributed by atoms with Crippen LogP contribution in [0.15, 0.2) is 47.4 Å². The number of nitro groups is 1. The molecule has 0 bridgehead atoms. The minimum absolute atomic E-state index is 0.0547. The normalized spacial score (nSPS) is 11.3. The van der Waals surface area contributed by atoms with E-state index in [1.54, 1.807) is 6.26 Å². The second-order valence-electron chi connectivity index (χ2n) is 5.50. The molecule has 0 atom stereocenters. The molecule has 5 nitrogen and oxygen atoms in total. The second kappa shape index (κ2) is 7.77. The highest BCUT2D eigenvalue weighted by atomic mass is 32.2. The van der Waals surface area contributed by atoms with Crippen LogP contribution in [-0.2, 0) is 12.7 Å². The molecule has 1 amide bonds. The van der Waals surface area contributed by atoms with Gasteiger partial charge in [-0.25, -0.2) is 0 Å². The lowest BCUT2D eigenvalue weighted by Crippen LogP contribution is -2.26. The quantitative estimate of drug-likeness (QED) is 0.429. The second-order valence-corrected chi connectivity index (χ2v) is 6.35. The van der Waals surface area contributed by atoms with Crippen molar-refractivity contribution in [1.29, 1.82) is 0 Å². The maximum absolute atomic E-state index is 12.8. The van der Waals surface area contributed by atoms with Gasteiger partial charge in [-0.15, -0.1) is 11.8 Å². The van der Waals surface area contributed by atoms with Gasteiger partial charge in [-0.05, 0) is 36.1 Å². The minimum Gasteiger partial charge on any atom is -0.337 e. The zero-order valence-electron chi connectivity index (χ0n) is 13.9. The van der Waals surface area contributed by atoms with Crippen LogP contribution < -0.4 is 0 Å². The number of nitro benzene ring substituents is 1. The number of hydrogen-bond donors (Lipinski definition) is 0. The molecule has 0 aromatic heterocycles. The Labute approximate surface area is 152 Å². The summed E-state index contributed by atoms with van der Waals surface area (Å²) >= 11 is 1.19. The first kappa shape index (κ1) is 19.8. The lowest BCUT2D eigenvalue weighted by atomic mass is 10.1. The Morgan fingerprint density at radius 3 is 2.50 bits per heavy atom. The maximum atomic E-state index is 12.8. The summed E-state index contributed by atoms with van der Waals surface area (Å²) in [6.07, 6.45) is -2.78. The van der Waals surface area contributed by atoms with E-state index in [-0.39, 0.29) is 17.8 Å². The molecule has 0 unspecified atom stereocenters. The predicted octanol–water partition coefficient (Wildman–Crippen LogP) is 4.61. The fraction of sp³-hybridized carbons (Fsp3) is 0.235. The summed E-state index contributed by atoms with van der Waals surface area (Å²) < 4.78 is 38.3. The van der Waals surface area contributed by atoms with Crippen LogP contribution in [0.2, 0.25) is 0 Å². The molecule has 0 aliphatic rings. The number of halogens is 3. The minimum atomic E-state index is -4.47. The Morgan fingerprint density at radius 2 is 1.92 bits per heavy atom. The SMILES string of the molecule is CSc1ccc(C(=O)N(C)Cc2cccc(C(F)(F)F)c2)cc1[N+](=O)[O-]. The van der Waals surface area contributed by atoms with Crippen LogP contribution in [0, 0.1) is 10.1 Å². The van der Waals surface area contributed by atoms with Crippen LogP contribution in [0.4, 0.5) is 18.9 Å². The lowest BCUT2D eigenvalue weighted by molar-refractivity contribution is -0.387. The Balaban J connectivity index is 2.23. The van der Waals surface area contributed by atoms with Crippen LogP contribution in [0.1, 0.15) is 21.5 Å². The molecule has 2 aromatic rings. The first-order valence-corrected chi connectivity index (χ1v) is 8.60. The topological polar surface area (TPSA) is 63.5 Å². The lowest BCUT2D eigenvalue weighted by Gasteiger charge is -2.18. The number of benzene rings is 2. The van der Waals surface area contributed by atoms with E-state index in [1.807, 2.05) is 0 Å². The number of amides is 1. The Morgan fingerprint density at radius 1 is 1.23 bits per heavy atom. The van der Waals surface area contributed by atoms with Crippen molar-refractivity contribution < 1.29 is 22.9 Å². The zero-order valence-corrected chi connectivity index (χ0v) is 14.7. The Kier molecular flexibility index (Phi) is 5.91. The summed E-state index contributed by atoms with van der Waals surface area (Å²) in [6, 6.07) is 8.81. The van der Waals surface area contributed by atoms with E-state index >= 15 is 0 Å². The highest BCUT2D eigenvalue weighted by molar-refractivity contribution is 7.98. The van der Waals surface area contributed by atoms with Gasteiger partial charge in [0, 0.05) is 25.2 Å². The van der Waals surface area contributed by atoms with Gasteiger partial charge >= 0.3 is 6.18 Å². The van der Waals surface area contributed by atoms with Crippen molar-refractivity contribution in [2.75, 3.05) is 13.3 Å². The molecule has 0 aliphatic heterocycles. The van der Waals surface area contributed by atoms with Gasteiger partial charge in [0.2, 0.25) is 0 Å². The molecule has 2 aromatic carbocycles. The molecule has 0 radical (unpaired) electrons. The van der Waals surface area contributed by atoms with E-state index in [0.29, 0.717) is 10.5 Å². The fourth-order valence-electron chi connectivity index (χ4n) is 2.38. The molecule has 0 N–H and O–H groups in total. The smallest absolute Gasteiger partial charge is 0.337 e. The molecule has 26 heavy (non-hydrogen) atoms. The monoisotopic (exact) mass is 384 g/mol. The summed E-state index contributed by atoms with van der Waals surface area (Å²) in [5, 5.41) is 11.1. The van der Waals surface area contributed by atoms with Crippen molar-refractivity contribution in [2.24, 2.45) is 0 Å². The summed E-state index contributed by atoms with van der Waals surface area (Å²) in [5.41, 5.74) is -0.568. The summed E-state index contributed by atoms with van der Waals surface area (Å²) in [6.45, 7) is -0.0547. The number of carbonyl (C=O) groups is 1. The van der Waals surface area contributed by atoms with E-state index in [4.69, 9.17) is 0 Å². The number of carbonyl (C=O) groups excluding carboxylic acids is 1.